The summed E-state index contributed by atoms with van der Waals surface area (Å²) in [5.41, 5.74) is 0. The number of aliphatic hydroxyl groups excluding tert-OH is 3. The molecule has 8 nitrogen and oxygen atoms in total. The van der Waals surface area contributed by atoms with Gasteiger partial charge in [-0.2, -0.15) is 0 Å². The molecule has 1 fully saturated rings. The first-order valence-electron chi connectivity index (χ1n) is 4.07. The fraction of sp³-hybridized carbons (Fsp3) is 0.857. The highest BCUT2D eigenvalue weighted by molar-refractivity contribution is 5.54. The van der Waals surface area contributed by atoms with E-state index in [9.17, 15) is 25.2 Å². The van der Waals surface area contributed by atoms with Gasteiger partial charge in [-0.15, -0.1) is 0 Å². The molecule has 1 saturated heterocycles. The number of rotatable bonds is 2. The van der Waals surface area contributed by atoms with Gasteiger partial charge < -0.3 is 39.4 Å². The molecule has 15 heavy (non-hydrogen) atoms. The Morgan fingerprint density at radius 3 is 2.20 bits per heavy atom. The van der Waals surface area contributed by atoms with Crippen LogP contribution in [0.2, 0.25) is 0 Å². The van der Waals surface area contributed by atoms with E-state index in [0.29, 0.717) is 0 Å². The van der Waals surface area contributed by atoms with E-state index in [0.717, 1.165) is 0 Å². The van der Waals surface area contributed by atoms with Gasteiger partial charge in [0.25, 0.3) is 6.16 Å². The van der Waals surface area contributed by atoms with Crippen molar-refractivity contribution in [2.75, 3.05) is 7.11 Å². The topological polar surface area (TPSA) is 129 Å². The van der Waals surface area contributed by atoms with E-state index in [2.05, 4.69) is 9.47 Å². The Balaban J connectivity index is 2.69. The minimum Gasteiger partial charge on any atom is -0.518 e. The highest BCUT2D eigenvalue weighted by Crippen LogP contribution is 2.22. The SMILES string of the molecule is CO[C@H]1O[C@H](OC(=O)[O-])[C@@H](O)[C@H](O)[C@H]1O. The van der Waals surface area contributed by atoms with Crippen molar-refractivity contribution in [2.24, 2.45) is 0 Å². The number of carbonyl (C=O) groups excluding carboxylic acids is 1. The normalized spacial score (nSPS) is 41.2. The summed E-state index contributed by atoms with van der Waals surface area (Å²) in [6.07, 6.45) is -9.69. The number of carbonyl (C=O) groups is 1. The van der Waals surface area contributed by atoms with Crippen LogP contribution in [0.5, 0.6) is 0 Å². The lowest BCUT2D eigenvalue weighted by Crippen LogP contribution is -2.59. The molecule has 0 amide bonds. The molecule has 0 radical (unpaired) electrons. The first-order valence-corrected chi connectivity index (χ1v) is 4.07. The number of carboxylic acid groups (broad SMARTS) is 1. The van der Waals surface area contributed by atoms with Gasteiger partial charge in [-0.25, -0.2) is 0 Å². The maximum Gasteiger partial charge on any atom is 0.254 e. The monoisotopic (exact) mass is 223 g/mol. The van der Waals surface area contributed by atoms with Crippen LogP contribution in [-0.2, 0) is 14.2 Å². The number of ether oxygens (including phenoxy) is 3. The fourth-order valence-corrected chi connectivity index (χ4v) is 1.20. The molecular weight excluding hydrogens is 212 g/mol. The Hall–Kier alpha value is -0.930. The molecule has 8 heteroatoms. The van der Waals surface area contributed by atoms with Crippen LogP contribution >= 0.6 is 0 Å². The van der Waals surface area contributed by atoms with Crippen LogP contribution in [0.4, 0.5) is 4.79 Å². The number of hydrogen-bond donors (Lipinski definition) is 3. The molecule has 5 atom stereocenters. The molecule has 88 valence electrons. The molecule has 0 bridgehead atoms. The highest BCUT2D eigenvalue weighted by atomic mass is 16.8. The lowest BCUT2D eigenvalue weighted by atomic mass is 10.0. The van der Waals surface area contributed by atoms with Gasteiger partial charge in [0.15, 0.2) is 12.6 Å². The predicted octanol–water partition coefficient (Wildman–Crippen LogP) is -3.24. The molecule has 0 spiro atoms. The molecule has 1 heterocycles. The first-order chi connectivity index (χ1) is 6.97. The zero-order chi connectivity index (χ0) is 11.6. The largest absolute Gasteiger partial charge is 0.518 e. The molecule has 0 aromatic heterocycles. The van der Waals surface area contributed by atoms with Crippen molar-refractivity contribution in [3.8, 4) is 0 Å². The van der Waals surface area contributed by atoms with Crippen molar-refractivity contribution in [2.45, 2.75) is 30.9 Å². The van der Waals surface area contributed by atoms with Crippen molar-refractivity contribution in [3.63, 3.8) is 0 Å². The number of hydrogen-bond acceptors (Lipinski definition) is 8. The second-order valence-corrected chi connectivity index (χ2v) is 2.95. The Labute approximate surface area is 84.6 Å². The van der Waals surface area contributed by atoms with Gasteiger partial charge in [-0.1, -0.05) is 0 Å². The standard InChI is InChI=1S/C7H12O8/c1-13-5-3(9)2(8)4(10)6(14-5)15-7(11)12/h2-6,8-10H,1H3,(H,11,12)/p-1/t2-,3-,4+,5+,6-/m1/s1. The smallest absolute Gasteiger partial charge is 0.254 e. The van der Waals surface area contributed by atoms with E-state index in [4.69, 9.17) is 4.74 Å². The van der Waals surface area contributed by atoms with Crippen LogP contribution in [-0.4, -0.2) is 59.5 Å². The molecule has 3 N–H and O–H groups in total. The summed E-state index contributed by atoms with van der Waals surface area (Å²) >= 11 is 0. The van der Waals surface area contributed by atoms with E-state index in [1.54, 1.807) is 0 Å². The van der Waals surface area contributed by atoms with E-state index >= 15 is 0 Å². The van der Waals surface area contributed by atoms with Crippen LogP contribution in [0.3, 0.4) is 0 Å². The Morgan fingerprint density at radius 2 is 1.73 bits per heavy atom. The van der Waals surface area contributed by atoms with Gasteiger partial charge in [0, 0.05) is 7.11 Å². The summed E-state index contributed by atoms with van der Waals surface area (Å²) in [6.45, 7) is 0. The number of aliphatic hydroxyl groups is 3. The lowest BCUT2D eigenvalue weighted by Gasteiger charge is -2.40. The van der Waals surface area contributed by atoms with Gasteiger partial charge in [0.2, 0.25) is 0 Å². The van der Waals surface area contributed by atoms with Crippen LogP contribution in [0.15, 0.2) is 0 Å². The van der Waals surface area contributed by atoms with Crippen molar-refractivity contribution in [1.29, 1.82) is 0 Å². The zero-order valence-electron chi connectivity index (χ0n) is 7.77. The molecule has 1 rings (SSSR count). The molecule has 1 aliphatic rings. The van der Waals surface area contributed by atoms with Crippen molar-refractivity contribution < 1.29 is 39.4 Å². The first kappa shape index (κ1) is 12.1. The Bertz CT molecular complexity index is 229. The van der Waals surface area contributed by atoms with E-state index in [1.807, 2.05) is 0 Å². The van der Waals surface area contributed by atoms with Crippen LogP contribution in [0.1, 0.15) is 0 Å². The maximum absolute atomic E-state index is 10.1. The van der Waals surface area contributed by atoms with E-state index < -0.39 is 37.0 Å². The van der Waals surface area contributed by atoms with Crippen LogP contribution in [0, 0.1) is 0 Å². The van der Waals surface area contributed by atoms with Gasteiger partial charge in [0.05, 0.1) is 0 Å². The minimum atomic E-state index is -1.92. The van der Waals surface area contributed by atoms with Gasteiger partial charge in [0.1, 0.15) is 18.3 Å². The summed E-state index contributed by atoms with van der Waals surface area (Å²) in [5, 5.41) is 37.9. The summed E-state index contributed by atoms with van der Waals surface area (Å²) in [6, 6.07) is 0. The van der Waals surface area contributed by atoms with Gasteiger partial charge >= 0.3 is 0 Å². The Morgan fingerprint density at radius 1 is 1.20 bits per heavy atom. The third kappa shape index (κ3) is 2.55. The predicted molar refractivity (Wildman–Crippen MR) is 40.2 cm³/mol. The van der Waals surface area contributed by atoms with E-state index in [-0.39, 0.29) is 0 Å². The van der Waals surface area contributed by atoms with Crippen molar-refractivity contribution >= 4 is 6.16 Å². The lowest BCUT2D eigenvalue weighted by molar-refractivity contribution is -0.362. The summed E-state index contributed by atoms with van der Waals surface area (Å²) < 4.78 is 13.3. The third-order valence-corrected chi connectivity index (χ3v) is 1.97. The van der Waals surface area contributed by atoms with Crippen molar-refractivity contribution in [1.82, 2.24) is 0 Å². The molecule has 0 aromatic rings. The second kappa shape index (κ2) is 4.73. The summed E-state index contributed by atoms with van der Waals surface area (Å²) in [5.74, 6) is 0. The van der Waals surface area contributed by atoms with E-state index in [1.165, 1.54) is 7.11 Å². The second-order valence-electron chi connectivity index (χ2n) is 2.95. The summed E-state index contributed by atoms with van der Waals surface area (Å²) in [4.78, 5) is 10.1. The van der Waals surface area contributed by atoms with Crippen LogP contribution < -0.4 is 5.11 Å². The van der Waals surface area contributed by atoms with Gasteiger partial charge in [-0.05, 0) is 0 Å². The molecule has 1 aliphatic heterocycles. The third-order valence-electron chi connectivity index (χ3n) is 1.97. The molecule has 0 aliphatic carbocycles. The molecule has 0 aromatic carbocycles. The minimum absolute atomic E-state index is 1.17. The quantitative estimate of drug-likeness (QED) is 0.416. The maximum atomic E-state index is 10.1. The summed E-state index contributed by atoms with van der Waals surface area (Å²) in [7, 11) is 1.17. The highest BCUT2D eigenvalue weighted by Gasteiger charge is 2.43. The molecular formula is C7H11O8-. The zero-order valence-corrected chi connectivity index (χ0v) is 7.77. The van der Waals surface area contributed by atoms with Crippen molar-refractivity contribution in [3.05, 3.63) is 0 Å². The average Bonchev–Trinajstić information content (AvgIpc) is 2.18. The molecule has 0 saturated carbocycles. The van der Waals surface area contributed by atoms with Gasteiger partial charge in [-0.3, -0.25) is 0 Å². The van der Waals surface area contributed by atoms with Crippen LogP contribution in [0.25, 0.3) is 0 Å². The number of methoxy groups -OCH3 is 1. The average molecular weight is 223 g/mol. The molecule has 0 unspecified atom stereocenters. The Kier molecular flexibility index (Phi) is 3.83. The fourth-order valence-electron chi connectivity index (χ4n) is 1.20.